The molecule has 0 saturated heterocycles. The average molecular weight is 254 g/mol. The Morgan fingerprint density at radius 2 is 2.50 bits per heavy atom. The molecular formula is CH3IOS3. The Bertz CT molecular complexity index is 54.8. The molecule has 0 N–H and O–H groups in total. The normalized spacial score (nSPS) is 14.3. The first-order valence-corrected chi connectivity index (χ1v) is 7.01. The van der Waals surface area contributed by atoms with Crippen molar-refractivity contribution in [1.82, 2.24) is 0 Å². The van der Waals surface area contributed by atoms with Crippen LogP contribution in [0.1, 0.15) is 0 Å². The minimum absolute atomic E-state index is 0.0678. The van der Waals surface area contributed by atoms with Crippen LogP contribution in [0.2, 0.25) is 0 Å². The van der Waals surface area contributed by atoms with Crippen LogP contribution in [0.25, 0.3) is 0 Å². The van der Waals surface area contributed by atoms with Gasteiger partial charge in [0.1, 0.15) is 0 Å². The largest absolute Gasteiger partial charge is 0.308 e. The summed E-state index contributed by atoms with van der Waals surface area (Å²) >= 11 is 8.17. The maximum absolute atomic E-state index is 4.73. The quantitative estimate of drug-likeness (QED) is 0.321. The monoisotopic (exact) mass is 254 g/mol. The molecule has 0 saturated carbocycles. The molecule has 1 unspecified atom stereocenters. The Balaban J connectivity index is 2.83. The third-order valence-electron chi connectivity index (χ3n) is 0.122. The summed E-state index contributed by atoms with van der Waals surface area (Å²) in [5.74, 6) is 0. The highest BCUT2D eigenvalue weighted by molar-refractivity contribution is 14.2. The summed E-state index contributed by atoms with van der Waals surface area (Å²) in [6, 6.07) is 0. The van der Waals surface area contributed by atoms with Crippen LogP contribution >= 0.6 is 32.3 Å². The molecule has 0 rings (SSSR count). The van der Waals surface area contributed by atoms with Crippen LogP contribution in [0.4, 0.5) is 0 Å². The fourth-order valence-electron chi connectivity index (χ4n) is 0.0535. The lowest BCUT2D eigenvalue weighted by molar-refractivity contribution is 0.498. The molecular weight excluding hydrogens is 251 g/mol. The second-order valence-corrected chi connectivity index (χ2v) is 10.6. The van der Waals surface area contributed by atoms with Gasteiger partial charge in [0.15, 0.2) is 0 Å². The smallest absolute Gasteiger partial charge is 0.0768 e. The Morgan fingerprint density at radius 1 is 2.00 bits per heavy atom. The molecule has 0 aliphatic heterocycles. The van der Waals surface area contributed by atoms with Gasteiger partial charge in [-0.25, -0.2) is 0 Å². The lowest BCUT2D eigenvalue weighted by Crippen LogP contribution is -1.62. The number of halogens is 1. The molecule has 0 aromatic carbocycles. The van der Waals surface area contributed by atoms with Gasteiger partial charge in [-0.1, -0.05) is 0 Å². The van der Waals surface area contributed by atoms with Crippen LogP contribution in [-0.4, -0.2) is 7.11 Å². The molecule has 6 heavy (non-hydrogen) atoms. The standard InChI is InChI=1S/CH3IOS3/c1-3-5-6(2)4/h1H3. The van der Waals surface area contributed by atoms with Crippen LogP contribution in [0.15, 0.2) is 0 Å². The molecule has 1 nitrogen and oxygen atoms in total. The zero-order valence-electron chi connectivity index (χ0n) is 3.01. The van der Waals surface area contributed by atoms with Crippen molar-refractivity contribution in [2.75, 3.05) is 7.11 Å². The van der Waals surface area contributed by atoms with E-state index in [1.807, 2.05) is 0 Å². The van der Waals surface area contributed by atoms with E-state index in [0.717, 1.165) is 0 Å². The van der Waals surface area contributed by atoms with Gasteiger partial charge in [-0.3, -0.25) is 0 Å². The fraction of sp³-hybridized carbons (Fsp3) is 1.00. The Kier molecular flexibility index (Phi) is 6.04. The molecule has 0 amide bonds. The highest BCUT2D eigenvalue weighted by atomic mass is 127. The SMILES string of the molecule is COSS(=S)I. The van der Waals surface area contributed by atoms with Crippen LogP contribution in [0.3, 0.4) is 0 Å². The van der Waals surface area contributed by atoms with Gasteiger partial charge < -0.3 is 4.18 Å². The number of hydrogen-bond donors (Lipinski definition) is 0. The molecule has 0 fully saturated rings. The van der Waals surface area contributed by atoms with Crippen LogP contribution < -0.4 is 0 Å². The Labute approximate surface area is 60.0 Å². The van der Waals surface area contributed by atoms with E-state index in [0.29, 0.717) is 0 Å². The molecule has 0 spiro atoms. The van der Waals surface area contributed by atoms with Crippen molar-refractivity contribution >= 4 is 49.1 Å². The predicted molar refractivity (Wildman–Crippen MR) is 43.4 cm³/mol. The van der Waals surface area contributed by atoms with Crippen LogP contribution in [0.5, 0.6) is 0 Å². The van der Waals surface area contributed by atoms with Gasteiger partial charge in [0.25, 0.3) is 0 Å². The number of hydrogen-bond acceptors (Lipinski definition) is 3. The van der Waals surface area contributed by atoms with E-state index in [1.54, 1.807) is 7.11 Å². The first-order valence-electron chi connectivity index (χ1n) is 1.06. The minimum Gasteiger partial charge on any atom is -0.308 e. The van der Waals surface area contributed by atoms with Gasteiger partial charge in [0.05, 0.1) is 18.2 Å². The lowest BCUT2D eigenvalue weighted by Gasteiger charge is -1.85. The molecule has 38 valence electrons. The van der Waals surface area contributed by atoms with Crippen molar-refractivity contribution in [3.05, 3.63) is 0 Å². The lowest BCUT2D eigenvalue weighted by atomic mass is 11.8. The van der Waals surface area contributed by atoms with E-state index in [1.165, 1.54) is 11.1 Å². The minimum atomic E-state index is -0.0678. The summed E-state index contributed by atoms with van der Waals surface area (Å²) in [4.78, 5) is 0. The fourth-order valence-corrected chi connectivity index (χ4v) is 2.30. The summed E-state index contributed by atoms with van der Waals surface area (Å²) in [5.41, 5.74) is -0.0678. The molecule has 0 heterocycles. The van der Waals surface area contributed by atoms with Crippen molar-refractivity contribution < 1.29 is 4.18 Å². The van der Waals surface area contributed by atoms with E-state index >= 15 is 0 Å². The van der Waals surface area contributed by atoms with Gasteiger partial charge in [-0.2, -0.15) is 0 Å². The van der Waals surface area contributed by atoms with Crippen molar-refractivity contribution in [3.8, 4) is 0 Å². The Hall–Kier alpha value is 1.61. The maximum Gasteiger partial charge on any atom is 0.0768 e. The van der Waals surface area contributed by atoms with Crippen molar-refractivity contribution in [3.63, 3.8) is 0 Å². The van der Waals surface area contributed by atoms with E-state index in [9.17, 15) is 0 Å². The summed E-state index contributed by atoms with van der Waals surface area (Å²) in [5, 5.41) is 0. The molecule has 0 radical (unpaired) electrons. The molecule has 0 aliphatic carbocycles. The van der Waals surface area contributed by atoms with E-state index in [-0.39, 0.29) is 5.66 Å². The molecule has 0 aromatic heterocycles. The van der Waals surface area contributed by atoms with Crippen molar-refractivity contribution in [2.45, 2.75) is 0 Å². The Morgan fingerprint density at radius 3 is 2.50 bits per heavy atom. The highest BCUT2D eigenvalue weighted by Gasteiger charge is 1.80. The first-order chi connectivity index (χ1) is 2.77. The molecule has 0 aliphatic rings. The second kappa shape index (κ2) is 4.76. The molecule has 0 bridgehead atoms. The molecule has 1 atom stereocenters. The average Bonchev–Trinajstić information content (AvgIpc) is 1.35. The van der Waals surface area contributed by atoms with Gasteiger partial charge in [0, 0.05) is 26.9 Å². The van der Waals surface area contributed by atoms with Crippen molar-refractivity contribution in [2.24, 2.45) is 0 Å². The molecule has 5 heteroatoms. The highest BCUT2D eigenvalue weighted by Crippen LogP contribution is 2.13. The van der Waals surface area contributed by atoms with Gasteiger partial charge in [-0.15, -0.1) is 0 Å². The first kappa shape index (κ1) is 7.61. The third-order valence-corrected chi connectivity index (χ3v) is 2.92. The third kappa shape index (κ3) is 5.61. The second-order valence-electron chi connectivity index (χ2n) is 0.429. The predicted octanol–water partition coefficient (Wildman–Crippen LogP) is 1.63. The zero-order chi connectivity index (χ0) is 4.99. The summed E-state index contributed by atoms with van der Waals surface area (Å²) in [6.07, 6.45) is 0. The number of rotatable bonds is 2. The van der Waals surface area contributed by atoms with E-state index < -0.39 is 0 Å². The van der Waals surface area contributed by atoms with Gasteiger partial charge >= 0.3 is 0 Å². The molecule has 0 aromatic rings. The van der Waals surface area contributed by atoms with Gasteiger partial charge in [-0.05, 0) is 11.2 Å². The van der Waals surface area contributed by atoms with E-state index in [2.05, 4.69) is 25.4 Å². The van der Waals surface area contributed by atoms with E-state index in [4.69, 9.17) is 11.2 Å². The van der Waals surface area contributed by atoms with Gasteiger partial charge in [0.2, 0.25) is 0 Å². The van der Waals surface area contributed by atoms with Crippen LogP contribution in [0, 0.1) is 0 Å². The summed E-state index contributed by atoms with van der Waals surface area (Å²) < 4.78 is 4.62. The van der Waals surface area contributed by atoms with Crippen molar-refractivity contribution in [1.29, 1.82) is 0 Å². The zero-order valence-corrected chi connectivity index (χ0v) is 7.62. The topological polar surface area (TPSA) is 9.23 Å². The van der Waals surface area contributed by atoms with Crippen LogP contribution in [-0.2, 0) is 21.0 Å². The summed E-state index contributed by atoms with van der Waals surface area (Å²) in [7, 11) is 1.62. The maximum atomic E-state index is 4.73. The summed E-state index contributed by atoms with van der Waals surface area (Å²) in [6.45, 7) is 0.